The van der Waals surface area contributed by atoms with Crippen LogP contribution in [0.2, 0.25) is 0 Å². The van der Waals surface area contributed by atoms with Crippen molar-refractivity contribution in [3.05, 3.63) is 20.8 Å². The van der Waals surface area contributed by atoms with Crippen molar-refractivity contribution in [2.75, 3.05) is 12.0 Å². The predicted molar refractivity (Wildman–Crippen MR) is 81.8 cm³/mol. The van der Waals surface area contributed by atoms with Gasteiger partial charge in [-0.15, -0.1) is 11.3 Å². The zero-order chi connectivity index (χ0) is 14.3. The van der Waals surface area contributed by atoms with Crippen molar-refractivity contribution in [3.8, 4) is 0 Å². The number of halogens is 1. The van der Waals surface area contributed by atoms with Crippen LogP contribution in [-0.2, 0) is 11.3 Å². The summed E-state index contributed by atoms with van der Waals surface area (Å²) in [6, 6.07) is 2.50. The summed E-state index contributed by atoms with van der Waals surface area (Å²) in [6.07, 6.45) is 2.31. The first kappa shape index (κ1) is 16.3. The minimum Gasteiger partial charge on any atom is -0.480 e. The lowest BCUT2D eigenvalue weighted by Gasteiger charge is -2.14. The van der Waals surface area contributed by atoms with Crippen molar-refractivity contribution < 1.29 is 14.7 Å². The van der Waals surface area contributed by atoms with E-state index in [-0.39, 0.29) is 0 Å². The van der Waals surface area contributed by atoms with Crippen LogP contribution in [0.4, 0.5) is 4.79 Å². The third-order valence-electron chi connectivity index (χ3n) is 2.27. The number of thioether (sulfide) groups is 1. The molecule has 19 heavy (non-hydrogen) atoms. The van der Waals surface area contributed by atoms with E-state index in [1.165, 1.54) is 11.3 Å². The van der Waals surface area contributed by atoms with Gasteiger partial charge in [-0.3, -0.25) is 0 Å². The topological polar surface area (TPSA) is 78.4 Å². The fourth-order valence-electron chi connectivity index (χ4n) is 1.32. The Morgan fingerprint density at radius 2 is 2.26 bits per heavy atom. The third-order valence-corrected chi connectivity index (χ3v) is 4.53. The molecule has 0 aromatic carbocycles. The van der Waals surface area contributed by atoms with E-state index in [9.17, 15) is 9.59 Å². The van der Waals surface area contributed by atoms with E-state index >= 15 is 0 Å². The molecule has 0 aliphatic rings. The largest absolute Gasteiger partial charge is 0.480 e. The molecule has 8 heteroatoms. The highest BCUT2D eigenvalue weighted by atomic mass is 79.9. The van der Waals surface area contributed by atoms with Crippen LogP contribution >= 0.6 is 39.0 Å². The Hall–Kier alpha value is -0.730. The second kappa shape index (κ2) is 8.44. The predicted octanol–water partition coefficient (Wildman–Crippen LogP) is 2.52. The normalized spacial score (nSPS) is 11.9. The number of thiophene rings is 1. The first-order valence-corrected chi connectivity index (χ1v) is 8.53. The van der Waals surface area contributed by atoms with Gasteiger partial charge in [-0.1, -0.05) is 0 Å². The summed E-state index contributed by atoms with van der Waals surface area (Å²) in [4.78, 5) is 23.6. The second-order valence-electron chi connectivity index (χ2n) is 3.71. The Labute approximate surface area is 128 Å². The maximum absolute atomic E-state index is 11.6. The van der Waals surface area contributed by atoms with Crippen molar-refractivity contribution in [2.45, 2.75) is 19.0 Å². The molecule has 0 saturated carbocycles. The molecule has 106 valence electrons. The Balaban J connectivity index is 2.37. The molecule has 0 aliphatic heterocycles. The molecule has 3 N–H and O–H groups in total. The quantitative estimate of drug-likeness (QED) is 0.692. The van der Waals surface area contributed by atoms with Gasteiger partial charge in [0.2, 0.25) is 0 Å². The van der Waals surface area contributed by atoms with Crippen LogP contribution in [0.3, 0.4) is 0 Å². The standard InChI is InChI=1S/C11H15BrN2O3S2/c1-18-5-4-8(10(15)16)14-11(17)13-6-7-2-3-9(12)19-7/h2-3,8H,4-6H2,1H3,(H,15,16)(H2,13,14,17). The summed E-state index contributed by atoms with van der Waals surface area (Å²) in [5.74, 6) is -0.321. The van der Waals surface area contributed by atoms with Gasteiger partial charge in [0.25, 0.3) is 0 Å². The van der Waals surface area contributed by atoms with Gasteiger partial charge < -0.3 is 15.7 Å². The van der Waals surface area contributed by atoms with Gasteiger partial charge in [0, 0.05) is 4.88 Å². The van der Waals surface area contributed by atoms with Crippen LogP contribution in [-0.4, -0.2) is 35.2 Å². The van der Waals surface area contributed by atoms with Crippen LogP contribution in [0.15, 0.2) is 15.9 Å². The number of rotatable bonds is 7. The highest BCUT2D eigenvalue weighted by Gasteiger charge is 2.19. The smallest absolute Gasteiger partial charge is 0.326 e. The minimum atomic E-state index is -1.01. The van der Waals surface area contributed by atoms with Gasteiger partial charge >= 0.3 is 12.0 Å². The number of carbonyl (C=O) groups is 2. The molecule has 0 fully saturated rings. The molecular weight excluding hydrogens is 352 g/mol. The number of nitrogens with one attached hydrogen (secondary N) is 2. The molecule has 5 nitrogen and oxygen atoms in total. The van der Waals surface area contributed by atoms with E-state index in [0.29, 0.717) is 18.7 Å². The van der Waals surface area contributed by atoms with Gasteiger partial charge in [0.1, 0.15) is 6.04 Å². The number of carboxylic acid groups (broad SMARTS) is 1. The summed E-state index contributed by atoms with van der Waals surface area (Å²) >= 11 is 6.41. The van der Waals surface area contributed by atoms with Gasteiger partial charge in [-0.05, 0) is 46.5 Å². The number of hydrogen-bond donors (Lipinski definition) is 3. The molecule has 1 unspecified atom stereocenters. The lowest BCUT2D eigenvalue weighted by Crippen LogP contribution is -2.46. The van der Waals surface area contributed by atoms with Crippen LogP contribution in [0.25, 0.3) is 0 Å². The van der Waals surface area contributed by atoms with Crippen molar-refractivity contribution >= 4 is 51.0 Å². The highest BCUT2D eigenvalue weighted by molar-refractivity contribution is 9.11. The molecule has 0 radical (unpaired) electrons. The molecule has 1 aromatic rings. The Bertz CT molecular complexity index is 439. The number of amides is 2. The van der Waals surface area contributed by atoms with Gasteiger partial charge in [0.05, 0.1) is 10.3 Å². The van der Waals surface area contributed by atoms with E-state index in [0.717, 1.165) is 8.66 Å². The molecule has 0 saturated heterocycles. The molecule has 1 rings (SSSR count). The molecular formula is C11H15BrN2O3S2. The molecule has 0 bridgehead atoms. The van der Waals surface area contributed by atoms with Crippen LogP contribution in [0, 0.1) is 0 Å². The number of aliphatic carboxylic acids is 1. The van der Waals surface area contributed by atoms with E-state index in [1.54, 1.807) is 11.8 Å². The monoisotopic (exact) mass is 366 g/mol. The van der Waals surface area contributed by atoms with Crippen LogP contribution in [0.1, 0.15) is 11.3 Å². The Morgan fingerprint density at radius 3 is 2.79 bits per heavy atom. The molecule has 2 amide bonds. The number of urea groups is 1. The second-order valence-corrected chi connectivity index (χ2v) is 7.24. The SMILES string of the molecule is CSCCC(NC(=O)NCc1ccc(Br)s1)C(=O)O. The Morgan fingerprint density at radius 1 is 1.53 bits per heavy atom. The van der Waals surface area contributed by atoms with E-state index in [1.807, 2.05) is 18.4 Å². The first-order chi connectivity index (χ1) is 9.02. The average molecular weight is 367 g/mol. The van der Waals surface area contributed by atoms with E-state index in [4.69, 9.17) is 5.11 Å². The highest BCUT2D eigenvalue weighted by Crippen LogP contribution is 2.21. The van der Waals surface area contributed by atoms with Crippen molar-refractivity contribution in [1.29, 1.82) is 0 Å². The fraction of sp³-hybridized carbons (Fsp3) is 0.455. The van der Waals surface area contributed by atoms with Crippen LogP contribution < -0.4 is 10.6 Å². The van der Waals surface area contributed by atoms with Crippen molar-refractivity contribution in [1.82, 2.24) is 10.6 Å². The summed E-state index contributed by atoms with van der Waals surface area (Å²) in [6.45, 7) is 0.386. The van der Waals surface area contributed by atoms with Crippen molar-refractivity contribution in [3.63, 3.8) is 0 Å². The summed E-state index contributed by atoms with van der Waals surface area (Å²) in [5, 5.41) is 14.1. The van der Waals surface area contributed by atoms with E-state index < -0.39 is 18.0 Å². The average Bonchev–Trinajstić information content (AvgIpc) is 2.77. The number of carbonyl (C=O) groups excluding carboxylic acids is 1. The molecule has 1 heterocycles. The zero-order valence-electron chi connectivity index (χ0n) is 10.3. The summed E-state index contributed by atoms with van der Waals surface area (Å²) < 4.78 is 0.994. The van der Waals surface area contributed by atoms with E-state index in [2.05, 4.69) is 26.6 Å². The third kappa shape index (κ3) is 6.31. The molecule has 0 aliphatic carbocycles. The van der Waals surface area contributed by atoms with Gasteiger partial charge in [0.15, 0.2) is 0 Å². The lowest BCUT2D eigenvalue weighted by atomic mass is 10.2. The number of hydrogen-bond acceptors (Lipinski definition) is 4. The molecule has 0 spiro atoms. The Kier molecular flexibility index (Phi) is 7.25. The summed E-state index contributed by atoms with van der Waals surface area (Å²) in [5.41, 5.74) is 0. The first-order valence-electron chi connectivity index (χ1n) is 5.53. The summed E-state index contributed by atoms with van der Waals surface area (Å²) in [7, 11) is 0. The minimum absolute atomic E-state index is 0.386. The maximum Gasteiger partial charge on any atom is 0.326 e. The fourth-order valence-corrected chi connectivity index (χ4v) is 3.21. The molecule has 1 aromatic heterocycles. The van der Waals surface area contributed by atoms with Crippen LogP contribution in [0.5, 0.6) is 0 Å². The van der Waals surface area contributed by atoms with Gasteiger partial charge in [-0.2, -0.15) is 11.8 Å². The number of carboxylic acids is 1. The van der Waals surface area contributed by atoms with Crippen molar-refractivity contribution in [2.24, 2.45) is 0 Å². The lowest BCUT2D eigenvalue weighted by molar-refractivity contribution is -0.139. The zero-order valence-corrected chi connectivity index (χ0v) is 13.5. The van der Waals surface area contributed by atoms with Gasteiger partial charge in [-0.25, -0.2) is 9.59 Å². The molecule has 1 atom stereocenters. The maximum atomic E-state index is 11.6.